The van der Waals surface area contributed by atoms with E-state index in [2.05, 4.69) is 25.7 Å². The number of anilines is 2. The van der Waals surface area contributed by atoms with Crippen LogP contribution in [0.15, 0.2) is 24.4 Å². The number of methoxy groups -OCH3 is 1. The first-order chi connectivity index (χ1) is 9.62. The number of carbonyl (C=O) groups is 1. The Balaban J connectivity index is 2.20. The van der Waals surface area contributed by atoms with Crippen LogP contribution in [0, 0.1) is 6.92 Å². The Morgan fingerprint density at radius 3 is 2.85 bits per heavy atom. The van der Waals surface area contributed by atoms with Gasteiger partial charge in [0.25, 0.3) is 5.91 Å². The second-order valence-corrected chi connectivity index (χ2v) is 3.90. The molecule has 8 heteroatoms. The maximum atomic E-state index is 12.0. The van der Waals surface area contributed by atoms with Gasteiger partial charge in [0.1, 0.15) is 5.69 Å². The van der Waals surface area contributed by atoms with Gasteiger partial charge in [0, 0.05) is 18.0 Å². The number of nitrogens with zero attached hydrogens (tertiary/aromatic N) is 3. The summed E-state index contributed by atoms with van der Waals surface area (Å²) in [5.41, 5.74) is 3.90. The fourth-order valence-corrected chi connectivity index (χ4v) is 1.51. The van der Waals surface area contributed by atoms with Crippen molar-refractivity contribution in [3.63, 3.8) is 0 Å². The first kappa shape index (κ1) is 13.7. The van der Waals surface area contributed by atoms with E-state index < -0.39 is 5.91 Å². The van der Waals surface area contributed by atoms with Crippen molar-refractivity contribution >= 4 is 17.5 Å². The van der Waals surface area contributed by atoms with Gasteiger partial charge < -0.3 is 10.2 Å². The molecule has 8 nitrogen and oxygen atoms in total. The molecule has 0 aromatic carbocycles. The van der Waals surface area contributed by atoms with Crippen molar-refractivity contribution in [1.82, 2.24) is 15.0 Å². The number of ether oxygens (including phenoxy) is 1. The van der Waals surface area contributed by atoms with Crippen LogP contribution in [-0.2, 0) is 0 Å². The van der Waals surface area contributed by atoms with Gasteiger partial charge in [-0.15, -0.1) is 0 Å². The van der Waals surface area contributed by atoms with Crippen LogP contribution < -0.4 is 21.3 Å². The Labute approximate surface area is 115 Å². The summed E-state index contributed by atoms with van der Waals surface area (Å²) in [5.74, 6) is 5.37. The van der Waals surface area contributed by atoms with Crippen molar-refractivity contribution in [3.05, 3.63) is 35.8 Å². The summed E-state index contributed by atoms with van der Waals surface area (Å²) in [4.78, 5) is 24.1. The van der Waals surface area contributed by atoms with Crippen LogP contribution >= 0.6 is 0 Å². The highest BCUT2D eigenvalue weighted by molar-refractivity contribution is 6.02. The fraction of sp³-hybridized carbons (Fsp3) is 0.167. The summed E-state index contributed by atoms with van der Waals surface area (Å²) < 4.78 is 5.01. The van der Waals surface area contributed by atoms with Crippen LogP contribution in [-0.4, -0.2) is 28.0 Å². The molecular weight excluding hydrogens is 260 g/mol. The van der Waals surface area contributed by atoms with Crippen molar-refractivity contribution < 1.29 is 9.53 Å². The smallest absolute Gasteiger partial charge is 0.276 e. The van der Waals surface area contributed by atoms with Crippen molar-refractivity contribution in [2.24, 2.45) is 5.84 Å². The molecule has 2 aromatic heterocycles. The van der Waals surface area contributed by atoms with Crippen molar-refractivity contribution in [3.8, 4) is 5.88 Å². The number of aryl methyl sites for hydroxylation is 1. The third-order valence-electron chi connectivity index (χ3n) is 2.42. The highest BCUT2D eigenvalue weighted by atomic mass is 16.5. The number of aromatic nitrogens is 3. The van der Waals surface area contributed by atoms with E-state index in [0.717, 1.165) is 0 Å². The number of nitrogen functional groups attached to an aromatic ring is 1. The lowest BCUT2D eigenvalue weighted by Crippen LogP contribution is -2.17. The molecule has 0 atom stereocenters. The van der Waals surface area contributed by atoms with E-state index in [4.69, 9.17) is 10.6 Å². The van der Waals surface area contributed by atoms with Gasteiger partial charge in [-0.2, -0.15) is 4.98 Å². The summed E-state index contributed by atoms with van der Waals surface area (Å²) in [7, 11) is 1.49. The maximum absolute atomic E-state index is 12.0. The number of amides is 1. The average Bonchev–Trinajstić information content (AvgIpc) is 2.46. The Hall–Kier alpha value is -2.74. The third kappa shape index (κ3) is 3.18. The van der Waals surface area contributed by atoms with Crippen molar-refractivity contribution in [2.75, 3.05) is 17.9 Å². The molecule has 20 heavy (non-hydrogen) atoms. The lowest BCUT2D eigenvalue weighted by atomic mass is 10.3. The second kappa shape index (κ2) is 5.93. The van der Waals surface area contributed by atoms with Crippen molar-refractivity contribution in [2.45, 2.75) is 6.92 Å². The van der Waals surface area contributed by atoms with Crippen LogP contribution in [0.3, 0.4) is 0 Å². The van der Waals surface area contributed by atoms with E-state index in [-0.39, 0.29) is 11.6 Å². The predicted molar refractivity (Wildman–Crippen MR) is 73.3 cm³/mol. The summed E-state index contributed by atoms with van der Waals surface area (Å²) in [5, 5.41) is 2.55. The highest BCUT2D eigenvalue weighted by Gasteiger charge is 2.11. The maximum Gasteiger partial charge on any atom is 0.276 e. The van der Waals surface area contributed by atoms with E-state index in [0.29, 0.717) is 17.3 Å². The number of rotatable bonds is 4. The van der Waals surface area contributed by atoms with Crippen LogP contribution in [0.25, 0.3) is 0 Å². The topological polar surface area (TPSA) is 115 Å². The zero-order valence-corrected chi connectivity index (χ0v) is 11.0. The van der Waals surface area contributed by atoms with Gasteiger partial charge in [-0.05, 0) is 19.1 Å². The summed E-state index contributed by atoms with van der Waals surface area (Å²) in [6, 6.07) is 4.82. The first-order valence-electron chi connectivity index (χ1n) is 5.76. The number of nitrogens with one attached hydrogen (secondary N) is 2. The van der Waals surface area contributed by atoms with Gasteiger partial charge >= 0.3 is 0 Å². The molecule has 0 saturated carbocycles. The number of hydrogen-bond acceptors (Lipinski definition) is 7. The van der Waals surface area contributed by atoms with Gasteiger partial charge in [0.15, 0.2) is 0 Å². The second-order valence-electron chi connectivity index (χ2n) is 3.90. The molecule has 0 radical (unpaired) electrons. The van der Waals surface area contributed by atoms with Crippen molar-refractivity contribution in [1.29, 1.82) is 0 Å². The normalized spacial score (nSPS) is 9.95. The number of nitrogens with two attached hydrogens (primary N) is 1. The minimum absolute atomic E-state index is 0.153. The summed E-state index contributed by atoms with van der Waals surface area (Å²) in [6.45, 7) is 1.77. The predicted octanol–water partition coefficient (Wildman–Crippen LogP) is 0.727. The molecular formula is C12H14N6O2. The van der Waals surface area contributed by atoms with E-state index >= 15 is 0 Å². The minimum Gasteiger partial charge on any atom is -0.481 e. The lowest BCUT2D eigenvalue weighted by molar-refractivity contribution is 0.102. The summed E-state index contributed by atoms with van der Waals surface area (Å²) in [6.07, 6.45) is 1.47. The molecule has 0 aliphatic rings. The Morgan fingerprint density at radius 1 is 1.35 bits per heavy atom. The van der Waals surface area contributed by atoms with Gasteiger partial charge in [0.05, 0.1) is 12.8 Å². The highest BCUT2D eigenvalue weighted by Crippen LogP contribution is 2.12. The third-order valence-corrected chi connectivity index (χ3v) is 2.42. The SMILES string of the molecule is COc1cc(C)nc(NC(=O)c2cc(NN)ccn2)n1. The quantitative estimate of drug-likeness (QED) is 0.556. The average molecular weight is 274 g/mol. The van der Waals surface area contributed by atoms with E-state index in [1.165, 1.54) is 19.4 Å². The Kier molecular flexibility index (Phi) is 4.06. The van der Waals surface area contributed by atoms with E-state index in [1.54, 1.807) is 19.1 Å². The number of pyridine rings is 1. The molecule has 4 N–H and O–H groups in total. The molecule has 0 aliphatic carbocycles. The monoisotopic (exact) mass is 274 g/mol. The zero-order valence-electron chi connectivity index (χ0n) is 11.0. The minimum atomic E-state index is -0.435. The molecule has 104 valence electrons. The Morgan fingerprint density at radius 2 is 2.15 bits per heavy atom. The molecule has 0 unspecified atom stereocenters. The fourth-order valence-electron chi connectivity index (χ4n) is 1.51. The molecule has 1 amide bonds. The molecule has 0 bridgehead atoms. The molecule has 2 heterocycles. The molecule has 2 rings (SSSR count). The first-order valence-corrected chi connectivity index (χ1v) is 5.76. The molecule has 0 spiro atoms. The number of hydrogen-bond donors (Lipinski definition) is 3. The molecule has 0 fully saturated rings. The molecule has 2 aromatic rings. The lowest BCUT2D eigenvalue weighted by Gasteiger charge is -2.07. The summed E-state index contributed by atoms with van der Waals surface area (Å²) >= 11 is 0. The number of carbonyl (C=O) groups excluding carboxylic acids is 1. The van der Waals surface area contributed by atoms with E-state index in [1.807, 2.05) is 0 Å². The number of hydrazine groups is 1. The molecule has 0 saturated heterocycles. The van der Waals surface area contributed by atoms with Crippen LogP contribution in [0.5, 0.6) is 5.88 Å². The van der Waals surface area contributed by atoms with Crippen LogP contribution in [0.2, 0.25) is 0 Å². The van der Waals surface area contributed by atoms with Crippen LogP contribution in [0.4, 0.5) is 11.6 Å². The van der Waals surface area contributed by atoms with Gasteiger partial charge in [-0.1, -0.05) is 0 Å². The van der Waals surface area contributed by atoms with Gasteiger partial charge in [-0.3, -0.25) is 20.9 Å². The van der Waals surface area contributed by atoms with Gasteiger partial charge in [0.2, 0.25) is 11.8 Å². The largest absolute Gasteiger partial charge is 0.481 e. The van der Waals surface area contributed by atoms with Crippen LogP contribution in [0.1, 0.15) is 16.2 Å². The Bertz CT molecular complexity index is 631. The van der Waals surface area contributed by atoms with E-state index in [9.17, 15) is 4.79 Å². The standard InChI is InChI=1S/C12H14N6O2/c1-7-5-10(20-2)16-12(15-7)17-11(19)9-6-8(18-13)3-4-14-9/h3-6H,13H2,1-2H3,(H,14,18)(H,15,16,17,19). The van der Waals surface area contributed by atoms with Gasteiger partial charge in [-0.25, -0.2) is 4.98 Å². The zero-order chi connectivity index (χ0) is 14.5. The molecule has 0 aliphatic heterocycles.